The quantitative estimate of drug-likeness (QED) is 0.625. The molecular formula is C14H18N2O2S. The molecule has 0 bridgehead atoms. The molecule has 0 aliphatic heterocycles. The molecule has 0 atom stereocenters. The van der Waals surface area contributed by atoms with Crippen LogP contribution in [0, 0.1) is 6.92 Å². The summed E-state index contributed by atoms with van der Waals surface area (Å²) in [7, 11) is 0. The molecule has 0 unspecified atom stereocenters. The Kier molecular flexibility index (Phi) is 5.18. The van der Waals surface area contributed by atoms with Crippen LogP contribution in [0.15, 0.2) is 29.8 Å². The number of aryl methyl sites for hydroxylation is 1. The van der Waals surface area contributed by atoms with Crippen LogP contribution in [0.1, 0.15) is 10.6 Å². The number of aromatic nitrogens is 1. The Hall–Kier alpha value is -1.59. The van der Waals surface area contributed by atoms with E-state index in [1.165, 1.54) is 4.88 Å². The topological polar surface area (TPSA) is 57.4 Å². The van der Waals surface area contributed by atoms with Crippen molar-refractivity contribution in [3.05, 3.63) is 40.3 Å². The van der Waals surface area contributed by atoms with Crippen LogP contribution < -0.4 is 10.5 Å². The van der Waals surface area contributed by atoms with E-state index in [1.807, 2.05) is 36.7 Å². The highest BCUT2D eigenvalue weighted by atomic mass is 32.1. The van der Waals surface area contributed by atoms with Crippen molar-refractivity contribution in [3.63, 3.8) is 0 Å². The number of hydrogen-bond acceptors (Lipinski definition) is 5. The van der Waals surface area contributed by atoms with Crippen LogP contribution in [0.5, 0.6) is 5.75 Å². The van der Waals surface area contributed by atoms with E-state index < -0.39 is 0 Å². The average molecular weight is 278 g/mol. The number of para-hydroxylation sites is 2. The summed E-state index contributed by atoms with van der Waals surface area (Å²) in [5.74, 6) is 0.712. The summed E-state index contributed by atoms with van der Waals surface area (Å²) in [5, 5.41) is 0. The Morgan fingerprint density at radius 1 is 1.21 bits per heavy atom. The largest absolute Gasteiger partial charge is 0.489 e. The highest BCUT2D eigenvalue weighted by Gasteiger charge is 2.01. The minimum atomic E-state index is 0.510. The normalized spacial score (nSPS) is 10.6. The smallest absolute Gasteiger partial charge is 0.142 e. The first-order chi connectivity index (χ1) is 9.27. The first-order valence-corrected chi connectivity index (χ1v) is 7.09. The van der Waals surface area contributed by atoms with Gasteiger partial charge in [-0.3, -0.25) is 0 Å². The summed E-state index contributed by atoms with van der Waals surface area (Å²) in [4.78, 5) is 5.49. The summed E-state index contributed by atoms with van der Waals surface area (Å²) in [6, 6.07) is 7.47. The molecule has 1 aromatic heterocycles. The van der Waals surface area contributed by atoms with E-state index in [4.69, 9.17) is 15.2 Å². The molecule has 0 amide bonds. The molecule has 2 aromatic rings. The summed E-state index contributed by atoms with van der Waals surface area (Å²) < 4.78 is 11.1. The molecule has 5 heteroatoms. The van der Waals surface area contributed by atoms with Crippen molar-refractivity contribution in [3.8, 4) is 5.75 Å². The number of nitrogens with zero attached hydrogens (tertiary/aromatic N) is 1. The minimum Gasteiger partial charge on any atom is -0.489 e. The van der Waals surface area contributed by atoms with Gasteiger partial charge in [-0.2, -0.15) is 0 Å². The van der Waals surface area contributed by atoms with Gasteiger partial charge in [0.1, 0.15) is 12.4 Å². The lowest BCUT2D eigenvalue weighted by atomic mass is 10.3. The lowest BCUT2D eigenvalue weighted by Gasteiger charge is -2.08. The van der Waals surface area contributed by atoms with Crippen molar-refractivity contribution < 1.29 is 9.47 Å². The Bertz CT molecular complexity index is 514. The first-order valence-electron chi connectivity index (χ1n) is 6.21. The molecule has 0 radical (unpaired) electrons. The van der Waals surface area contributed by atoms with E-state index in [0.29, 0.717) is 31.3 Å². The van der Waals surface area contributed by atoms with Crippen LogP contribution in [0.25, 0.3) is 0 Å². The van der Waals surface area contributed by atoms with Gasteiger partial charge in [-0.15, -0.1) is 11.3 Å². The number of thiazole rings is 1. The lowest BCUT2D eigenvalue weighted by Crippen LogP contribution is -2.09. The van der Waals surface area contributed by atoms with E-state index in [2.05, 4.69) is 4.98 Å². The van der Waals surface area contributed by atoms with Crippen molar-refractivity contribution in [2.24, 2.45) is 0 Å². The highest BCUT2D eigenvalue weighted by molar-refractivity contribution is 7.09. The summed E-state index contributed by atoms with van der Waals surface area (Å²) in [6.45, 7) is 3.78. The SMILES string of the molecule is Cc1ncsc1CCOCCOc1ccccc1N. The maximum absolute atomic E-state index is 5.77. The summed E-state index contributed by atoms with van der Waals surface area (Å²) in [5.41, 5.74) is 9.39. The number of ether oxygens (including phenoxy) is 2. The number of nitrogens with two attached hydrogens (primary N) is 1. The third kappa shape index (κ3) is 4.22. The molecule has 0 aliphatic rings. The molecule has 2 N–H and O–H groups in total. The standard InChI is InChI=1S/C14H18N2O2S/c1-11-14(19-10-16-11)6-7-17-8-9-18-13-5-3-2-4-12(13)15/h2-5,10H,6-9,15H2,1H3. The van der Waals surface area contributed by atoms with Crippen molar-refractivity contribution in [2.45, 2.75) is 13.3 Å². The number of benzene rings is 1. The number of rotatable bonds is 7. The Labute approximate surface area is 117 Å². The van der Waals surface area contributed by atoms with Crippen molar-refractivity contribution in [1.82, 2.24) is 4.98 Å². The van der Waals surface area contributed by atoms with Crippen LogP contribution in [0.4, 0.5) is 5.69 Å². The zero-order valence-electron chi connectivity index (χ0n) is 11.0. The second-order valence-electron chi connectivity index (χ2n) is 4.11. The number of hydrogen-bond donors (Lipinski definition) is 1. The molecule has 0 saturated heterocycles. The van der Waals surface area contributed by atoms with E-state index in [0.717, 1.165) is 12.1 Å². The zero-order chi connectivity index (χ0) is 13.5. The fraction of sp³-hybridized carbons (Fsp3) is 0.357. The van der Waals surface area contributed by atoms with E-state index in [9.17, 15) is 0 Å². The third-order valence-corrected chi connectivity index (χ3v) is 3.72. The van der Waals surface area contributed by atoms with Gasteiger partial charge in [0.05, 0.1) is 30.1 Å². The van der Waals surface area contributed by atoms with Crippen LogP contribution in [0.3, 0.4) is 0 Å². The summed E-state index contributed by atoms with van der Waals surface area (Å²) >= 11 is 1.67. The third-order valence-electron chi connectivity index (χ3n) is 2.72. The molecule has 19 heavy (non-hydrogen) atoms. The van der Waals surface area contributed by atoms with Gasteiger partial charge in [-0.05, 0) is 19.1 Å². The Morgan fingerprint density at radius 2 is 2.05 bits per heavy atom. The van der Waals surface area contributed by atoms with Crippen LogP contribution >= 0.6 is 11.3 Å². The van der Waals surface area contributed by atoms with Gasteiger partial charge in [-0.1, -0.05) is 12.1 Å². The zero-order valence-corrected chi connectivity index (χ0v) is 11.8. The van der Waals surface area contributed by atoms with Crippen molar-refractivity contribution in [1.29, 1.82) is 0 Å². The average Bonchev–Trinajstić information content (AvgIpc) is 2.81. The van der Waals surface area contributed by atoms with Crippen LogP contribution in [-0.4, -0.2) is 24.8 Å². The fourth-order valence-electron chi connectivity index (χ4n) is 1.66. The maximum Gasteiger partial charge on any atom is 0.142 e. The first kappa shape index (κ1) is 13.8. The van der Waals surface area contributed by atoms with E-state index in [1.54, 1.807) is 11.3 Å². The van der Waals surface area contributed by atoms with Gasteiger partial charge in [-0.25, -0.2) is 4.98 Å². The molecule has 0 saturated carbocycles. The molecule has 0 fully saturated rings. The summed E-state index contributed by atoms with van der Waals surface area (Å²) in [6.07, 6.45) is 0.907. The van der Waals surface area contributed by atoms with Crippen molar-refractivity contribution >= 4 is 17.0 Å². The van der Waals surface area contributed by atoms with Crippen LogP contribution in [-0.2, 0) is 11.2 Å². The molecule has 4 nitrogen and oxygen atoms in total. The van der Waals surface area contributed by atoms with E-state index >= 15 is 0 Å². The maximum atomic E-state index is 5.77. The molecule has 1 heterocycles. The molecule has 0 aliphatic carbocycles. The second-order valence-corrected chi connectivity index (χ2v) is 5.05. The van der Waals surface area contributed by atoms with Crippen LogP contribution in [0.2, 0.25) is 0 Å². The predicted octanol–water partition coefficient (Wildman–Crippen LogP) is 2.67. The van der Waals surface area contributed by atoms with Gasteiger partial charge in [0.15, 0.2) is 0 Å². The molecule has 0 spiro atoms. The van der Waals surface area contributed by atoms with Gasteiger partial charge < -0.3 is 15.2 Å². The molecule has 2 rings (SSSR count). The Balaban J connectivity index is 1.60. The predicted molar refractivity (Wildman–Crippen MR) is 77.7 cm³/mol. The number of nitrogen functional groups attached to an aromatic ring is 1. The van der Waals surface area contributed by atoms with Gasteiger partial charge in [0, 0.05) is 11.3 Å². The lowest BCUT2D eigenvalue weighted by molar-refractivity contribution is 0.103. The Morgan fingerprint density at radius 3 is 2.79 bits per heavy atom. The number of anilines is 1. The van der Waals surface area contributed by atoms with E-state index in [-0.39, 0.29) is 0 Å². The second kappa shape index (κ2) is 7.11. The highest BCUT2D eigenvalue weighted by Crippen LogP contribution is 2.19. The monoisotopic (exact) mass is 278 g/mol. The molecule has 102 valence electrons. The van der Waals surface area contributed by atoms with Gasteiger partial charge in [0.2, 0.25) is 0 Å². The van der Waals surface area contributed by atoms with Crippen molar-refractivity contribution in [2.75, 3.05) is 25.6 Å². The molecule has 1 aromatic carbocycles. The molecular weight excluding hydrogens is 260 g/mol. The van der Waals surface area contributed by atoms with Gasteiger partial charge in [0.25, 0.3) is 0 Å². The minimum absolute atomic E-state index is 0.510. The van der Waals surface area contributed by atoms with Gasteiger partial charge >= 0.3 is 0 Å². The fourth-order valence-corrected chi connectivity index (χ4v) is 2.42.